The summed E-state index contributed by atoms with van der Waals surface area (Å²) in [6.45, 7) is 0.427. The van der Waals surface area contributed by atoms with Crippen LogP contribution in [0.3, 0.4) is 0 Å². The van der Waals surface area contributed by atoms with Gasteiger partial charge in [-0.3, -0.25) is 4.79 Å². The van der Waals surface area contributed by atoms with E-state index in [1.165, 1.54) is 0 Å². The Morgan fingerprint density at radius 1 is 1.15 bits per heavy atom. The molecule has 0 saturated carbocycles. The number of aromatic nitrogens is 1. The molecule has 0 fully saturated rings. The molecule has 0 radical (unpaired) electrons. The highest BCUT2D eigenvalue weighted by atomic mass is 79.9. The van der Waals surface area contributed by atoms with E-state index in [9.17, 15) is 9.59 Å². The van der Waals surface area contributed by atoms with Gasteiger partial charge in [0.05, 0.1) is 0 Å². The molecule has 26 heavy (non-hydrogen) atoms. The minimum atomic E-state index is -0.635. The SMILES string of the molecule is O=C(NCCc1c[nH]c2ccccc12)c1cc2cc(Br)ccc2oc1=O. The van der Waals surface area contributed by atoms with Crippen molar-refractivity contribution < 1.29 is 9.21 Å². The number of fused-ring (bicyclic) bond motifs is 2. The van der Waals surface area contributed by atoms with Gasteiger partial charge in [0.25, 0.3) is 5.91 Å². The van der Waals surface area contributed by atoms with Crippen molar-refractivity contribution in [2.75, 3.05) is 6.54 Å². The van der Waals surface area contributed by atoms with Gasteiger partial charge in [-0.2, -0.15) is 0 Å². The van der Waals surface area contributed by atoms with Crippen molar-refractivity contribution >= 4 is 43.7 Å². The summed E-state index contributed by atoms with van der Waals surface area (Å²) in [4.78, 5) is 27.7. The molecule has 5 nitrogen and oxygen atoms in total. The van der Waals surface area contributed by atoms with E-state index in [-0.39, 0.29) is 5.56 Å². The maximum atomic E-state index is 12.4. The van der Waals surface area contributed by atoms with Crippen molar-refractivity contribution in [2.45, 2.75) is 6.42 Å². The van der Waals surface area contributed by atoms with E-state index in [0.717, 1.165) is 20.9 Å². The smallest absolute Gasteiger partial charge is 0.349 e. The number of hydrogen-bond donors (Lipinski definition) is 2. The van der Waals surface area contributed by atoms with Crippen LogP contribution in [0.15, 0.2) is 68.4 Å². The molecule has 0 saturated heterocycles. The molecule has 0 unspecified atom stereocenters. The molecule has 0 bridgehead atoms. The van der Waals surface area contributed by atoms with E-state index >= 15 is 0 Å². The van der Waals surface area contributed by atoms with Gasteiger partial charge in [0, 0.05) is 33.5 Å². The molecule has 2 aromatic heterocycles. The van der Waals surface area contributed by atoms with Gasteiger partial charge in [0.2, 0.25) is 0 Å². The lowest BCUT2D eigenvalue weighted by molar-refractivity contribution is 0.0950. The maximum absolute atomic E-state index is 12.4. The van der Waals surface area contributed by atoms with Gasteiger partial charge in [-0.05, 0) is 42.3 Å². The van der Waals surface area contributed by atoms with Crippen LogP contribution >= 0.6 is 15.9 Å². The second-order valence-corrected chi connectivity index (χ2v) is 6.91. The highest BCUT2D eigenvalue weighted by Gasteiger charge is 2.14. The number of amides is 1. The maximum Gasteiger partial charge on any atom is 0.349 e. The molecule has 2 N–H and O–H groups in total. The first kappa shape index (κ1) is 16.6. The van der Waals surface area contributed by atoms with Gasteiger partial charge >= 0.3 is 5.63 Å². The van der Waals surface area contributed by atoms with E-state index in [2.05, 4.69) is 26.2 Å². The van der Waals surface area contributed by atoms with E-state index < -0.39 is 11.5 Å². The molecular weight excluding hydrogens is 396 g/mol. The predicted octanol–water partition coefficient (Wildman–Crippen LogP) is 4.01. The second kappa shape index (κ2) is 6.80. The first-order valence-corrected chi connectivity index (χ1v) is 8.98. The fraction of sp³-hybridized carbons (Fsp3) is 0.100. The lowest BCUT2D eigenvalue weighted by atomic mass is 10.1. The minimum Gasteiger partial charge on any atom is -0.422 e. The molecule has 0 aliphatic rings. The summed E-state index contributed by atoms with van der Waals surface area (Å²) in [6, 6.07) is 14.9. The third-order valence-electron chi connectivity index (χ3n) is 4.29. The van der Waals surface area contributed by atoms with Gasteiger partial charge in [-0.15, -0.1) is 0 Å². The Kier molecular flexibility index (Phi) is 4.34. The zero-order valence-electron chi connectivity index (χ0n) is 13.7. The number of rotatable bonds is 4. The molecule has 1 amide bonds. The van der Waals surface area contributed by atoms with Crippen molar-refractivity contribution in [1.82, 2.24) is 10.3 Å². The van der Waals surface area contributed by atoms with E-state index in [4.69, 9.17) is 4.42 Å². The van der Waals surface area contributed by atoms with Crippen molar-refractivity contribution in [3.8, 4) is 0 Å². The number of H-pyrrole nitrogens is 1. The molecule has 2 heterocycles. The summed E-state index contributed by atoms with van der Waals surface area (Å²) in [5.74, 6) is -0.430. The van der Waals surface area contributed by atoms with Crippen molar-refractivity contribution in [1.29, 1.82) is 0 Å². The van der Waals surface area contributed by atoms with Gasteiger partial charge < -0.3 is 14.7 Å². The van der Waals surface area contributed by atoms with Crippen LogP contribution < -0.4 is 10.9 Å². The molecule has 4 aromatic rings. The molecule has 0 aliphatic carbocycles. The highest BCUT2D eigenvalue weighted by Crippen LogP contribution is 2.20. The fourth-order valence-electron chi connectivity index (χ4n) is 3.00. The third-order valence-corrected chi connectivity index (χ3v) is 4.79. The van der Waals surface area contributed by atoms with E-state index in [0.29, 0.717) is 23.9 Å². The van der Waals surface area contributed by atoms with Crippen molar-refractivity contribution in [3.05, 3.63) is 80.7 Å². The molecule has 130 valence electrons. The molecule has 0 atom stereocenters. The van der Waals surface area contributed by atoms with Crippen LogP contribution in [0.1, 0.15) is 15.9 Å². The Morgan fingerprint density at radius 2 is 2.00 bits per heavy atom. The zero-order valence-corrected chi connectivity index (χ0v) is 15.3. The Bertz CT molecular complexity index is 1180. The van der Waals surface area contributed by atoms with Crippen LogP contribution in [0.2, 0.25) is 0 Å². The minimum absolute atomic E-state index is 0.00882. The third kappa shape index (κ3) is 3.15. The largest absolute Gasteiger partial charge is 0.422 e. The van der Waals surface area contributed by atoms with E-state index in [1.54, 1.807) is 24.3 Å². The topological polar surface area (TPSA) is 75.1 Å². The summed E-state index contributed by atoms with van der Waals surface area (Å²) in [6.07, 6.45) is 2.61. The number of aromatic amines is 1. The summed E-state index contributed by atoms with van der Waals surface area (Å²) in [7, 11) is 0. The summed E-state index contributed by atoms with van der Waals surface area (Å²) >= 11 is 3.37. The van der Waals surface area contributed by atoms with Gasteiger partial charge in [0.15, 0.2) is 0 Å². The first-order valence-electron chi connectivity index (χ1n) is 8.18. The molecule has 6 heteroatoms. The van der Waals surface area contributed by atoms with Crippen molar-refractivity contribution in [2.24, 2.45) is 0 Å². The number of carbonyl (C=O) groups is 1. The highest BCUT2D eigenvalue weighted by molar-refractivity contribution is 9.10. The number of hydrogen-bond acceptors (Lipinski definition) is 3. The van der Waals surface area contributed by atoms with Crippen LogP contribution in [0.5, 0.6) is 0 Å². The predicted molar refractivity (Wildman–Crippen MR) is 105 cm³/mol. The zero-order chi connectivity index (χ0) is 18.1. The Hall–Kier alpha value is -2.86. The Balaban J connectivity index is 1.50. The number of para-hydroxylation sites is 1. The van der Waals surface area contributed by atoms with Crippen LogP contribution in [0, 0.1) is 0 Å². The normalized spacial score (nSPS) is 11.1. The lowest BCUT2D eigenvalue weighted by Gasteiger charge is -2.05. The summed E-state index contributed by atoms with van der Waals surface area (Å²) in [5, 5.41) is 4.63. The monoisotopic (exact) mass is 410 g/mol. The van der Waals surface area contributed by atoms with Crippen LogP contribution in [0.4, 0.5) is 0 Å². The molecule has 0 aliphatic heterocycles. The van der Waals surface area contributed by atoms with Gasteiger partial charge in [0.1, 0.15) is 11.1 Å². The lowest BCUT2D eigenvalue weighted by Crippen LogP contribution is -2.29. The van der Waals surface area contributed by atoms with Crippen LogP contribution in [-0.4, -0.2) is 17.4 Å². The second-order valence-electron chi connectivity index (χ2n) is 6.00. The van der Waals surface area contributed by atoms with E-state index in [1.807, 2.05) is 30.5 Å². The average Bonchev–Trinajstić information content (AvgIpc) is 3.05. The fourth-order valence-corrected chi connectivity index (χ4v) is 3.38. The van der Waals surface area contributed by atoms with Crippen LogP contribution in [-0.2, 0) is 6.42 Å². The molecule has 2 aromatic carbocycles. The summed E-state index contributed by atoms with van der Waals surface area (Å²) in [5.41, 5.74) is 2.01. The van der Waals surface area contributed by atoms with Gasteiger partial charge in [-0.1, -0.05) is 34.1 Å². The number of carbonyl (C=O) groups excluding carboxylic acids is 1. The quantitative estimate of drug-likeness (QED) is 0.499. The molecular formula is C20H15BrN2O3. The summed E-state index contributed by atoms with van der Waals surface area (Å²) < 4.78 is 6.09. The number of halogens is 1. The van der Waals surface area contributed by atoms with Gasteiger partial charge in [-0.25, -0.2) is 4.79 Å². The number of benzene rings is 2. The Labute approximate surface area is 157 Å². The molecule has 4 rings (SSSR count). The van der Waals surface area contributed by atoms with Crippen molar-refractivity contribution in [3.63, 3.8) is 0 Å². The average molecular weight is 411 g/mol. The number of nitrogens with one attached hydrogen (secondary N) is 2. The standard InChI is InChI=1S/C20H15BrN2O3/c21-14-5-6-18-13(9-14)10-16(20(25)26-18)19(24)22-8-7-12-11-23-17-4-2-1-3-15(12)17/h1-6,9-11,23H,7-8H2,(H,22,24). The first-order chi connectivity index (χ1) is 12.6. The molecule has 0 spiro atoms. The van der Waals surface area contributed by atoms with Crippen LogP contribution in [0.25, 0.3) is 21.9 Å². The Morgan fingerprint density at radius 3 is 2.88 bits per heavy atom.